The minimum atomic E-state index is -0.539. The van der Waals surface area contributed by atoms with E-state index in [2.05, 4.69) is 5.32 Å². The second-order valence-corrected chi connectivity index (χ2v) is 9.11. The molecule has 0 atom stereocenters. The highest BCUT2D eigenvalue weighted by atomic mass is 35.5. The zero-order valence-corrected chi connectivity index (χ0v) is 22.4. The number of amides is 1. The third-order valence-electron chi connectivity index (χ3n) is 5.86. The zero-order chi connectivity index (χ0) is 27.6. The Balaban J connectivity index is 1.44. The van der Waals surface area contributed by atoms with Gasteiger partial charge in [0.05, 0.1) is 7.11 Å². The van der Waals surface area contributed by atoms with Crippen LogP contribution in [0.5, 0.6) is 17.2 Å². The monoisotopic (exact) mass is 538 g/mol. The second kappa shape index (κ2) is 13.2. The number of benzene rings is 4. The summed E-state index contributed by atoms with van der Waals surface area (Å²) >= 11 is 6.18. The average Bonchev–Trinajstić information content (AvgIpc) is 2.96. The van der Waals surface area contributed by atoms with Crippen LogP contribution < -0.4 is 19.5 Å². The van der Waals surface area contributed by atoms with Gasteiger partial charge in [0.25, 0.3) is 5.91 Å². The summed E-state index contributed by atoms with van der Waals surface area (Å²) in [6.07, 6.45) is 1.50. The van der Waals surface area contributed by atoms with Gasteiger partial charge in [-0.25, -0.2) is 0 Å². The van der Waals surface area contributed by atoms with Crippen LogP contribution in [0.2, 0.25) is 5.02 Å². The van der Waals surface area contributed by atoms with Crippen molar-refractivity contribution >= 4 is 29.3 Å². The standard InChI is InChI=1S/C32H27ClN2O4/c1-22-7-9-23(10-8-22)20-39-31-18-29(37-2)14-11-24(31)17-26(19-34)32(36)35-27-12-15-28(16-13-27)38-21-25-5-3-4-6-30(25)33/h3-18H,20-21H2,1-2H3,(H,35,36)/b26-17+. The van der Waals surface area contributed by atoms with Crippen molar-refractivity contribution in [2.45, 2.75) is 20.1 Å². The van der Waals surface area contributed by atoms with E-state index in [9.17, 15) is 10.1 Å². The largest absolute Gasteiger partial charge is 0.497 e. The molecule has 4 aromatic carbocycles. The first-order chi connectivity index (χ1) is 18.9. The van der Waals surface area contributed by atoms with Gasteiger partial charge in [0.1, 0.15) is 42.1 Å². The minimum absolute atomic E-state index is 0.0700. The fourth-order valence-corrected chi connectivity index (χ4v) is 3.84. The van der Waals surface area contributed by atoms with E-state index >= 15 is 0 Å². The molecule has 0 bridgehead atoms. The summed E-state index contributed by atoms with van der Waals surface area (Å²) in [5.41, 5.74) is 4.07. The molecule has 0 aromatic heterocycles. The van der Waals surface area contributed by atoms with E-state index in [1.165, 1.54) is 6.08 Å². The molecule has 1 amide bonds. The van der Waals surface area contributed by atoms with E-state index in [4.69, 9.17) is 25.8 Å². The second-order valence-electron chi connectivity index (χ2n) is 8.71. The summed E-state index contributed by atoms with van der Waals surface area (Å²) in [5.74, 6) is 1.18. The SMILES string of the molecule is COc1ccc(/C=C(\C#N)C(=O)Nc2ccc(OCc3ccccc3Cl)cc2)c(OCc2ccc(C)cc2)c1. The molecule has 196 valence electrons. The molecule has 0 fully saturated rings. The maximum Gasteiger partial charge on any atom is 0.266 e. The van der Waals surface area contributed by atoms with Crippen LogP contribution >= 0.6 is 11.6 Å². The van der Waals surface area contributed by atoms with E-state index < -0.39 is 5.91 Å². The molecule has 0 heterocycles. The molecular formula is C32H27ClN2O4. The lowest BCUT2D eigenvalue weighted by molar-refractivity contribution is -0.112. The highest BCUT2D eigenvalue weighted by Crippen LogP contribution is 2.28. The van der Waals surface area contributed by atoms with E-state index in [1.807, 2.05) is 61.5 Å². The first-order valence-corrected chi connectivity index (χ1v) is 12.6. The Morgan fingerprint density at radius 2 is 1.64 bits per heavy atom. The Morgan fingerprint density at radius 3 is 2.33 bits per heavy atom. The third kappa shape index (κ3) is 7.64. The fraction of sp³-hybridized carbons (Fsp3) is 0.125. The molecule has 4 aromatic rings. The van der Waals surface area contributed by atoms with Crippen LogP contribution in [0.25, 0.3) is 6.08 Å². The summed E-state index contributed by atoms with van der Waals surface area (Å²) in [4.78, 5) is 12.9. The van der Waals surface area contributed by atoms with Crippen molar-refractivity contribution in [3.05, 3.63) is 124 Å². The molecule has 1 N–H and O–H groups in total. The molecular weight excluding hydrogens is 512 g/mol. The zero-order valence-electron chi connectivity index (χ0n) is 21.6. The van der Waals surface area contributed by atoms with Gasteiger partial charge in [0.15, 0.2) is 0 Å². The molecule has 0 saturated carbocycles. The first-order valence-electron chi connectivity index (χ1n) is 12.2. The number of nitrogens with one attached hydrogen (secondary N) is 1. The molecule has 4 rings (SSSR count). The molecule has 0 spiro atoms. The number of carbonyl (C=O) groups excluding carboxylic acids is 1. The lowest BCUT2D eigenvalue weighted by atomic mass is 10.1. The molecule has 6 nitrogen and oxygen atoms in total. The lowest BCUT2D eigenvalue weighted by Gasteiger charge is -2.12. The molecule has 0 aliphatic heterocycles. The number of carbonyl (C=O) groups is 1. The Kier molecular flexibility index (Phi) is 9.23. The number of anilines is 1. The number of ether oxygens (including phenoxy) is 3. The van der Waals surface area contributed by atoms with Crippen LogP contribution in [0.4, 0.5) is 5.69 Å². The van der Waals surface area contributed by atoms with Crippen molar-refractivity contribution in [3.8, 4) is 23.3 Å². The molecule has 0 aliphatic carbocycles. The van der Waals surface area contributed by atoms with Gasteiger partial charge < -0.3 is 19.5 Å². The van der Waals surface area contributed by atoms with Gasteiger partial charge in [-0.3, -0.25) is 4.79 Å². The van der Waals surface area contributed by atoms with Gasteiger partial charge in [-0.05, 0) is 61.0 Å². The number of aryl methyl sites for hydroxylation is 1. The van der Waals surface area contributed by atoms with Crippen LogP contribution in [0, 0.1) is 18.3 Å². The van der Waals surface area contributed by atoms with Gasteiger partial charge in [-0.1, -0.05) is 59.6 Å². The van der Waals surface area contributed by atoms with E-state index in [0.29, 0.717) is 46.7 Å². The normalized spacial score (nSPS) is 10.9. The predicted octanol–water partition coefficient (Wildman–Crippen LogP) is 7.36. The van der Waals surface area contributed by atoms with Crippen LogP contribution in [0.3, 0.4) is 0 Å². The van der Waals surface area contributed by atoms with Crippen molar-refractivity contribution < 1.29 is 19.0 Å². The van der Waals surface area contributed by atoms with Gasteiger partial charge in [0.2, 0.25) is 0 Å². The number of hydrogen-bond donors (Lipinski definition) is 1. The number of rotatable bonds is 10. The first kappa shape index (κ1) is 27.3. The maximum absolute atomic E-state index is 12.9. The summed E-state index contributed by atoms with van der Waals surface area (Å²) in [6, 6.07) is 29.6. The average molecular weight is 539 g/mol. The van der Waals surface area contributed by atoms with Gasteiger partial charge in [-0.15, -0.1) is 0 Å². The van der Waals surface area contributed by atoms with Crippen LogP contribution in [0.1, 0.15) is 22.3 Å². The summed E-state index contributed by atoms with van der Waals surface area (Å²) in [7, 11) is 1.57. The molecule has 0 unspecified atom stereocenters. The molecule has 39 heavy (non-hydrogen) atoms. The molecule has 7 heteroatoms. The molecule has 0 aliphatic rings. The van der Waals surface area contributed by atoms with Gasteiger partial charge in [0, 0.05) is 27.9 Å². The van der Waals surface area contributed by atoms with Gasteiger partial charge >= 0.3 is 0 Å². The lowest BCUT2D eigenvalue weighted by Crippen LogP contribution is -2.13. The van der Waals surface area contributed by atoms with Crippen LogP contribution in [0.15, 0.2) is 96.6 Å². The maximum atomic E-state index is 12.9. The quantitative estimate of drug-likeness (QED) is 0.168. The van der Waals surface area contributed by atoms with Crippen molar-refractivity contribution in [2.75, 3.05) is 12.4 Å². The summed E-state index contributed by atoms with van der Waals surface area (Å²) < 4.78 is 17.2. The van der Waals surface area contributed by atoms with Crippen LogP contribution in [-0.2, 0) is 18.0 Å². The van der Waals surface area contributed by atoms with Crippen LogP contribution in [-0.4, -0.2) is 13.0 Å². The number of nitriles is 1. The molecule has 0 radical (unpaired) electrons. The number of hydrogen-bond acceptors (Lipinski definition) is 5. The van der Waals surface area contributed by atoms with Crippen molar-refractivity contribution in [3.63, 3.8) is 0 Å². The highest BCUT2D eigenvalue weighted by molar-refractivity contribution is 6.31. The Labute approximate surface area is 233 Å². The highest BCUT2D eigenvalue weighted by Gasteiger charge is 2.13. The summed E-state index contributed by atoms with van der Waals surface area (Å²) in [5, 5.41) is 13.1. The van der Waals surface area contributed by atoms with Crippen molar-refractivity contribution in [2.24, 2.45) is 0 Å². The van der Waals surface area contributed by atoms with E-state index in [-0.39, 0.29) is 5.57 Å². The van der Waals surface area contributed by atoms with Gasteiger partial charge in [-0.2, -0.15) is 5.26 Å². The van der Waals surface area contributed by atoms with Crippen molar-refractivity contribution in [1.29, 1.82) is 5.26 Å². The third-order valence-corrected chi connectivity index (χ3v) is 6.23. The number of nitrogens with zero attached hydrogens (tertiary/aromatic N) is 1. The fourth-order valence-electron chi connectivity index (χ4n) is 3.64. The number of halogens is 1. The van der Waals surface area contributed by atoms with E-state index in [1.54, 1.807) is 49.6 Å². The Bertz CT molecular complexity index is 1510. The molecule has 0 saturated heterocycles. The number of methoxy groups -OCH3 is 1. The predicted molar refractivity (Wildman–Crippen MR) is 153 cm³/mol. The topological polar surface area (TPSA) is 80.6 Å². The van der Waals surface area contributed by atoms with Crippen molar-refractivity contribution in [1.82, 2.24) is 0 Å². The minimum Gasteiger partial charge on any atom is -0.497 e. The smallest absolute Gasteiger partial charge is 0.266 e. The Morgan fingerprint density at radius 1 is 0.923 bits per heavy atom. The van der Waals surface area contributed by atoms with E-state index in [0.717, 1.165) is 16.7 Å². The summed E-state index contributed by atoms with van der Waals surface area (Å²) in [6.45, 7) is 2.67. The Hall–Kier alpha value is -4.73.